The Bertz CT molecular complexity index is 2050. The second-order valence-electron chi connectivity index (χ2n) is 15.8. The van der Waals surface area contributed by atoms with E-state index in [1.165, 1.54) is 88.0 Å². The van der Waals surface area contributed by atoms with Crippen LogP contribution in [0.2, 0.25) is 0 Å². The molecule has 0 aromatic heterocycles. The summed E-state index contributed by atoms with van der Waals surface area (Å²) in [6.07, 6.45) is 0. The van der Waals surface area contributed by atoms with Gasteiger partial charge in [-0.1, -0.05) is 80.9 Å². The van der Waals surface area contributed by atoms with Crippen LogP contribution in [-0.4, -0.2) is 0 Å². The van der Waals surface area contributed by atoms with Crippen LogP contribution in [0.15, 0.2) is 84.9 Å². The predicted molar refractivity (Wildman–Crippen MR) is 238 cm³/mol. The minimum Gasteiger partial charge on any atom is -0.464 e. The van der Waals surface area contributed by atoms with E-state index in [0.29, 0.717) is 0 Å². The molecule has 0 saturated heterocycles. The predicted octanol–water partition coefficient (Wildman–Crippen LogP) is 12.5. The molecule has 0 saturated carbocycles. The zero-order chi connectivity index (χ0) is 39.2. The lowest BCUT2D eigenvalue weighted by Gasteiger charge is -2.29. The zero-order valence-corrected chi connectivity index (χ0v) is 36.6. The summed E-state index contributed by atoms with van der Waals surface area (Å²) in [5.74, 6) is 1.87. The van der Waals surface area contributed by atoms with Gasteiger partial charge in [-0.25, -0.2) is 0 Å². The quantitative estimate of drug-likeness (QED) is 0.137. The van der Waals surface area contributed by atoms with E-state index in [2.05, 4.69) is 182 Å². The number of aryl methyl sites for hydroxylation is 12. The standard InChI is InChI=1S/C50H56O2P2/c1-29-15-30(2)20-43(19-29)53(44-21-31(3)16-32(4)22-44)51-49-39(11)27-37(9)41(13)47(49)48-42(14)38(10)28-40(12)50(48)52-54(45-23-33(5)17-34(6)24-45)46-25-35(7)18-36(8)26-46/h15-28H,1-14H3. The van der Waals surface area contributed by atoms with E-state index in [-0.39, 0.29) is 0 Å². The van der Waals surface area contributed by atoms with E-state index >= 15 is 0 Å². The Balaban J connectivity index is 1.63. The van der Waals surface area contributed by atoms with Crippen LogP contribution in [0.25, 0.3) is 11.1 Å². The minimum atomic E-state index is -1.21. The molecule has 0 amide bonds. The third-order valence-electron chi connectivity index (χ3n) is 10.3. The number of rotatable bonds is 9. The Morgan fingerprint density at radius 3 is 0.722 bits per heavy atom. The highest BCUT2D eigenvalue weighted by atomic mass is 31.1. The molecule has 6 aromatic rings. The fourth-order valence-electron chi connectivity index (χ4n) is 7.93. The smallest absolute Gasteiger partial charge is 0.150 e. The van der Waals surface area contributed by atoms with Gasteiger partial charge >= 0.3 is 0 Å². The van der Waals surface area contributed by atoms with Gasteiger partial charge in [-0.3, -0.25) is 0 Å². The maximum atomic E-state index is 7.60. The highest BCUT2D eigenvalue weighted by Gasteiger charge is 2.29. The molecule has 0 unspecified atom stereocenters. The van der Waals surface area contributed by atoms with Crippen LogP contribution in [-0.2, 0) is 0 Å². The van der Waals surface area contributed by atoms with Gasteiger partial charge in [0.05, 0.1) is 0 Å². The average Bonchev–Trinajstić information content (AvgIpc) is 3.05. The first-order chi connectivity index (χ1) is 25.5. The van der Waals surface area contributed by atoms with Gasteiger partial charge in [-0.2, -0.15) is 0 Å². The van der Waals surface area contributed by atoms with Crippen molar-refractivity contribution in [2.45, 2.75) is 96.9 Å². The lowest BCUT2D eigenvalue weighted by Crippen LogP contribution is -2.19. The first-order valence-corrected chi connectivity index (χ1v) is 21.5. The van der Waals surface area contributed by atoms with E-state index < -0.39 is 16.3 Å². The van der Waals surface area contributed by atoms with E-state index in [1.807, 2.05) is 0 Å². The largest absolute Gasteiger partial charge is 0.464 e. The van der Waals surface area contributed by atoms with Crippen molar-refractivity contribution in [3.63, 3.8) is 0 Å². The van der Waals surface area contributed by atoms with Crippen molar-refractivity contribution in [2.24, 2.45) is 0 Å². The number of benzene rings is 6. The summed E-state index contributed by atoms with van der Waals surface area (Å²) < 4.78 is 15.2. The first kappa shape index (κ1) is 39.5. The second-order valence-corrected chi connectivity index (χ2v) is 19.4. The average molecular weight is 751 g/mol. The summed E-state index contributed by atoms with van der Waals surface area (Å²) in [7, 11) is -2.42. The van der Waals surface area contributed by atoms with Crippen molar-refractivity contribution < 1.29 is 9.05 Å². The molecule has 278 valence electrons. The van der Waals surface area contributed by atoms with Crippen LogP contribution < -0.4 is 30.3 Å². The van der Waals surface area contributed by atoms with Gasteiger partial charge in [0, 0.05) is 32.3 Å². The molecule has 0 bridgehead atoms. The van der Waals surface area contributed by atoms with E-state index in [0.717, 1.165) is 33.8 Å². The lowest BCUT2D eigenvalue weighted by molar-refractivity contribution is 0.614. The van der Waals surface area contributed by atoms with Crippen LogP contribution in [0.3, 0.4) is 0 Å². The first-order valence-electron chi connectivity index (χ1n) is 19.0. The number of hydrogen-bond donors (Lipinski definition) is 0. The van der Waals surface area contributed by atoms with Gasteiger partial charge in [0.15, 0.2) is 16.3 Å². The van der Waals surface area contributed by atoms with Gasteiger partial charge in [-0.05, 0) is 179 Å². The molecule has 2 nitrogen and oxygen atoms in total. The SMILES string of the molecule is Cc1cc(C)cc(P(Oc2c(C)cc(C)c(C)c2-c2c(C)c(C)cc(C)c2OP(c2cc(C)cc(C)c2)c2cc(C)cc(C)c2)c2cc(C)cc(C)c2)c1. The van der Waals surface area contributed by atoms with Crippen LogP contribution in [0.5, 0.6) is 11.5 Å². The van der Waals surface area contributed by atoms with Crippen molar-refractivity contribution in [3.8, 4) is 22.6 Å². The molecule has 0 aliphatic carbocycles. The molecule has 0 fully saturated rings. The molecule has 0 aliphatic rings. The maximum Gasteiger partial charge on any atom is 0.150 e. The van der Waals surface area contributed by atoms with Crippen molar-refractivity contribution in [1.29, 1.82) is 0 Å². The van der Waals surface area contributed by atoms with Gasteiger partial charge in [0.25, 0.3) is 0 Å². The minimum absolute atomic E-state index is 0.933. The second kappa shape index (κ2) is 15.9. The highest BCUT2D eigenvalue weighted by molar-refractivity contribution is 7.69. The molecule has 0 radical (unpaired) electrons. The molecule has 0 atom stereocenters. The van der Waals surface area contributed by atoms with Crippen molar-refractivity contribution in [1.82, 2.24) is 0 Å². The third kappa shape index (κ3) is 8.37. The summed E-state index contributed by atoms with van der Waals surface area (Å²) in [5, 5.41) is 4.88. The summed E-state index contributed by atoms with van der Waals surface area (Å²) >= 11 is 0. The van der Waals surface area contributed by atoms with Gasteiger partial charge in [-0.15, -0.1) is 0 Å². The molecular formula is C50H56O2P2. The Labute approximate surface area is 327 Å². The summed E-state index contributed by atoms with van der Waals surface area (Å²) in [5.41, 5.74) is 19.4. The fourth-order valence-corrected chi connectivity index (χ4v) is 12.3. The molecule has 0 heterocycles. The number of hydrogen-bond acceptors (Lipinski definition) is 2. The molecule has 0 N–H and O–H groups in total. The molecule has 0 spiro atoms. The summed E-state index contributed by atoms with van der Waals surface area (Å²) in [6, 6.07) is 32.1. The van der Waals surface area contributed by atoms with Crippen molar-refractivity contribution in [2.75, 3.05) is 0 Å². The molecule has 6 rings (SSSR count). The molecule has 0 aliphatic heterocycles. The molecule has 6 aromatic carbocycles. The van der Waals surface area contributed by atoms with Crippen LogP contribution in [0, 0.1) is 96.9 Å². The van der Waals surface area contributed by atoms with Gasteiger partial charge < -0.3 is 9.05 Å². The lowest BCUT2D eigenvalue weighted by atomic mass is 9.87. The third-order valence-corrected chi connectivity index (χ3v) is 14.0. The maximum absolute atomic E-state index is 7.60. The fraction of sp³-hybridized carbons (Fsp3) is 0.280. The normalized spacial score (nSPS) is 11.5. The Morgan fingerprint density at radius 1 is 0.278 bits per heavy atom. The summed E-state index contributed by atoms with van der Waals surface area (Å²) in [4.78, 5) is 0. The highest BCUT2D eigenvalue weighted by Crippen LogP contribution is 2.52. The van der Waals surface area contributed by atoms with E-state index in [9.17, 15) is 0 Å². The monoisotopic (exact) mass is 750 g/mol. The van der Waals surface area contributed by atoms with Crippen LogP contribution in [0.4, 0.5) is 0 Å². The zero-order valence-electron chi connectivity index (χ0n) is 34.8. The van der Waals surface area contributed by atoms with E-state index in [4.69, 9.17) is 9.05 Å². The van der Waals surface area contributed by atoms with Gasteiger partial charge in [0.2, 0.25) is 0 Å². The van der Waals surface area contributed by atoms with Crippen LogP contribution in [0.1, 0.15) is 77.9 Å². The van der Waals surface area contributed by atoms with Crippen LogP contribution >= 0.6 is 16.3 Å². The molecule has 4 heteroatoms. The Hall–Kier alpha value is -4.22. The van der Waals surface area contributed by atoms with Crippen molar-refractivity contribution >= 4 is 37.5 Å². The topological polar surface area (TPSA) is 18.5 Å². The van der Waals surface area contributed by atoms with Gasteiger partial charge in [0.1, 0.15) is 11.5 Å². The molecular weight excluding hydrogens is 694 g/mol. The Kier molecular flexibility index (Phi) is 11.6. The summed E-state index contributed by atoms with van der Waals surface area (Å²) in [6.45, 7) is 30.9. The van der Waals surface area contributed by atoms with Crippen molar-refractivity contribution in [3.05, 3.63) is 163 Å². The Morgan fingerprint density at radius 2 is 0.500 bits per heavy atom. The van der Waals surface area contributed by atoms with E-state index in [1.54, 1.807) is 0 Å². The molecule has 54 heavy (non-hydrogen) atoms.